The molecule has 0 heterocycles. The van der Waals surface area contributed by atoms with E-state index in [4.69, 9.17) is 9.47 Å². The lowest BCUT2D eigenvalue weighted by molar-refractivity contribution is 0.186. The van der Waals surface area contributed by atoms with Crippen molar-refractivity contribution in [3.63, 3.8) is 0 Å². The molecule has 0 aliphatic rings. The molecule has 0 fully saturated rings. The number of hydrogen-bond acceptors (Lipinski definition) is 4. The molecule has 1 unspecified atom stereocenters. The van der Waals surface area contributed by atoms with Crippen molar-refractivity contribution in [1.29, 1.82) is 0 Å². The van der Waals surface area contributed by atoms with E-state index in [1.165, 1.54) is 0 Å². The van der Waals surface area contributed by atoms with Crippen LogP contribution in [0.1, 0.15) is 31.1 Å². The van der Waals surface area contributed by atoms with E-state index < -0.39 is 6.10 Å². The minimum Gasteiger partial charge on any atom is -0.497 e. The number of rotatable bonds is 9. The van der Waals surface area contributed by atoms with E-state index in [0.717, 1.165) is 35.1 Å². The molecule has 0 aromatic heterocycles. The van der Waals surface area contributed by atoms with Crippen LogP contribution in [0.2, 0.25) is 0 Å². The van der Waals surface area contributed by atoms with E-state index in [0.29, 0.717) is 13.2 Å². The number of methoxy groups -OCH3 is 1. The number of aliphatic hydroxyl groups excluding tert-OH is 1. The molecule has 2 N–H and O–H groups in total. The summed E-state index contributed by atoms with van der Waals surface area (Å²) in [7, 11) is 3.61. The van der Waals surface area contributed by atoms with Crippen LogP contribution >= 0.6 is 0 Å². The maximum Gasteiger partial charge on any atom is 0.194 e. The molecule has 0 amide bonds. The van der Waals surface area contributed by atoms with Crippen molar-refractivity contribution < 1.29 is 14.6 Å². The van der Waals surface area contributed by atoms with E-state index in [1.807, 2.05) is 62.2 Å². The lowest BCUT2D eigenvalue weighted by Gasteiger charge is -2.23. The fraction of sp³-hybridized carbons (Fsp3) is 0.409. The fourth-order valence-electron chi connectivity index (χ4n) is 2.78. The Hall–Kier alpha value is -2.73. The molecular weight excluding hydrogens is 354 g/mol. The average Bonchev–Trinajstić information content (AvgIpc) is 2.72. The third-order valence-corrected chi connectivity index (χ3v) is 4.27. The van der Waals surface area contributed by atoms with Crippen LogP contribution in [0.25, 0.3) is 0 Å². The maximum atomic E-state index is 10.4. The van der Waals surface area contributed by atoms with Crippen molar-refractivity contribution in [2.24, 2.45) is 4.99 Å². The van der Waals surface area contributed by atoms with Gasteiger partial charge < -0.3 is 24.8 Å². The number of benzene rings is 2. The highest BCUT2D eigenvalue weighted by atomic mass is 16.5. The summed E-state index contributed by atoms with van der Waals surface area (Å²) >= 11 is 0. The lowest BCUT2D eigenvalue weighted by atomic mass is 10.1. The van der Waals surface area contributed by atoms with Gasteiger partial charge in [-0.2, -0.15) is 0 Å². The third kappa shape index (κ3) is 6.46. The molecule has 152 valence electrons. The summed E-state index contributed by atoms with van der Waals surface area (Å²) in [6, 6.07) is 15.4. The average molecular weight is 386 g/mol. The number of nitrogens with one attached hydrogen (secondary N) is 1. The highest BCUT2D eigenvalue weighted by Gasteiger charge is 2.11. The third-order valence-electron chi connectivity index (χ3n) is 4.27. The Bertz CT molecular complexity index is 730. The second kappa shape index (κ2) is 11.2. The maximum absolute atomic E-state index is 10.4. The summed E-state index contributed by atoms with van der Waals surface area (Å²) in [5, 5.41) is 13.7. The van der Waals surface area contributed by atoms with E-state index in [-0.39, 0.29) is 6.54 Å². The first-order valence-corrected chi connectivity index (χ1v) is 9.60. The SMILES string of the molecule is CCNC(=NCC(O)c1ccc(OC)cc1)N(C)Cc1ccc(OCC)cc1. The van der Waals surface area contributed by atoms with Crippen molar-refractivity contribution in [1.82, 2.24) is 10.2 Å². The molecule has 0 radical (unpaired) electrons. The van der Waals surface area contributed by atoms with Crippen LogP contribution in [-0.2, 0) is 6.54 Å². The number of aliphatic imine (C=N–C) groups is 1. The van der Waals surface area contributed by atoms with E-state index >= 15 is 0 Å². The number of guanidine groups is 1. The van der Waals surface area contributed by atoms with E-state index in [1.54, 1.807) is 7.11 Å². The summed E-state index contributed by atoms with van der Waals surface area (Å²) in [5.41, 5.74) is 1.97. The van der Waals surface area contributed by atoms with Gasteiger partial charge in [-0.15, -0.1) is 0 Å². The quantitative estimate of drug-likeness (QED) is 0.512. The van der Waals surface area contributed by atoms with Gasteiger partial charge in [0.05, 0.1) is 26.4 Å². The zero-order valence-corrected chi connectivity index (χ0v) is 17.2. The zero-order chi connectivity index (χ0) is 20.4. The van der Waals surface area contributed by atoms with Gasteiger partial charge >= 0.3 is 0 Å². The van der Waals surface area contributed by atoms with Gasteiger partial charge in [-0.05, 0) is 49.2 Å². The predicted octanol–water partition coefficient (Wildman–Crippen LogP) is 3.22. The molecule has 6 nitrogen and oxygen atoms in total. The molecular formula is C22H31N3O3. The van der Waals surface area contributed by atoms with E-state index in [2.05, 4.69) is 22.4 Å². The molecule has 0 aliphatic heterocycles. The minimum absolute atomic E-state index is 0.280. The van der Waals surface area contributed by atoms with Crippen molar-refractivity contribution in [3.05, 3.63) is 59.7 Å². The van der Waals surface area contributed by atoms with Gasteiger partial charge in [0.25, 0.3) is 0 Å². The summed E-state index contributed by atoms with van der Waals surface area (Å²) in [4.78, 5) is 6.64. The summed E-state index contributed by atoms with van der Waals surface area (Å²) in [5.74, 6) is 2.39. The van der Waals surface area contributed by atoms with Gasteiger partial charge in [-0.3, -0.25) is 4.99 Å². The Kier molecular flexibility index (Phi) is 8.62. The second-order valence-corrected chi connectivity index (χ2v) is 6.42. The van der Waals surface area contributed by atoms with Gasteiger partial charge in [0.1, 0.15) is 11.5 Å². The van der Waals surface area contributed by atoms with Crippen LogP contribution in [0, 0.1) is 0 Å². The lowest BCUT2D eigenvalue weighted by Crippen LogP contribution is -2.38. The van der Waals surface area contributed by atoms with Crippen molar-refractivity contribution in [2.75, 3.05) is 33.9 Å². The summed E-state index contributed by atoms with van der Waals surface area (Å²) < 4.78 is 10.6. The molecule has 2 aromatic carbocycles. The zero-order valence-electron chi connectivity index (χ0n) is 17.2. The monoisotopic (exact) mass is 385 g/mol. The van der Waals surface area contributed by atoms with Crippen LogP contribution in [-0.4, -0.2) is 49.8 Å². The standard InChI is InChI=1S/C22H31N3O3/c1-5-23-22(24-15-21(26)18-9-13-19(27-4)14-10-18)25(3)16-17-7-11-20(12-8-17)28-6-2/h7-14,21,26H,5-6,15-16H2,1-4H3,(H,23,24). The number of ether oxygens (including phenoxy) is 2. The first-order chi connectivity index (χ1) is 13.6. The highest BCUT2D eigenvalue weighted by molar-refractivity contribution is 5.79. The summed E-state index contributed by atoms with van der Waals surface area (Å²) in [6.07, 6.45) is -0.668. The Morgan fingerprint density at radius 1 is 1.07 bits per heavy atom. The minimum atomic E-state index is -0.668. The number of aliphatic hydroxyl groups is 1. The van der Waals surface area contributed by atoms with Crippen LogP contribution in [0.15, 0.2) is 53.5 Å². The topological polar surface area (TPSA) is 66.3 Å². The molecule has 0 saturated heterocycles. The van der Waals surface area contributed by atoms with Crippen molar-refractivity contribution in [2.45, 2.75) is 26.5 Å². The largest absolute Gasteiger partial charge is 0.497 e. The Labute approximate surface area is 167 Å². The Morgan fingerprint density at radius 3 is 2.29 bits per heavy atom. The molecule has 2 aromatic rings. The van der Waals surface area contributed by atoms with Gasteiger partial charge in [-0.1, -0.05) is 24.3 Å². The molecule has 6 heteroatoms. The molecule has 28 heavy (non-hydrogen) atoms. The molecule has 0 saturated carbocycles. The number of nitrogens with zero attached hydrogens (tertiary/aromatic N) is 2. The van der Waals surface area contributed by atoms with E-state index in [9.17, 15) is 5.11 Å². The fourth-order valence-corrected chi connectivity index (χ4v) is 2.78. The van der Waals surface area contributed by atoms with Crippen molar-refractivity contribution in [3.8, 4) is 11.5 Å². The smallest absolute Gasteiger partial charge is 0.194 e. The first kappa shape index (κ1) is 21.6. The van der Waals surface area contributed by atoms with Crippen molar-refractivity contribution >= 4 is 5.96 Å². The van der Waals surface area contributed by atoms with Crippen LogP contribution < -0.4 is 14.8 Å². The second-order valence-electron chi connectivity index (χ2n) is 6.42. The van der Waals surface area contributed by atoms with Crippen LogP contribution in [0.5, 0.6) is 11.5 Å². The first-order valence-electron chi connectivity index (χ1n) is 9.60. The highest BCUT2D eigenvalue weighted by Crippen LogP contribution is 2.18. The molecule has 1 atom stereocenters. The van der Waals surface area contributed by atoms with Gasteiger partial charge in [0, 0.05) is 20.1 Å². The molecule has 0 bridgehead atoms. The normalized spacial score (nSPS) is 12.4. The predicted molar refractivity (Wildman–Crippen MR) is 113 cm³/mol. The van der Waals surface area contributed by atoms with Gasteiger partial charge in [-0.25, -0.2) is 0 Å². The molecule has 0 aliphatic carbocycles. The van der Waals surface area contributed by atoms with Gasteiger partial charge in [0.2, 0.25) is 0 Å². The number of hydrogen-bond donors (Lipinski definition) is 2. The van der Waals surface area contributed by atoms with Crippen LogP contribution in [0.3, 0.4) is 0 Å². The van der Waals surface area contributed by atoms with Crippen LogP contribution in [0.4, 0.5) is 0 Å². The molecule has 2 rings (SSSR count). The molecule has 0 spiro atoms. The van der Waals surface area contributed by atoms with Gasteiger partial charge in [0.15, 0.2) is 5.96 Å². The summed E-state index contributed by atoms with van der Waals surface area (Å²) in [6.45, 7) is 6.40. The Morgan fingerprint density at radius 2 is 1.71 bits per heavy atom. The Balaban J connectivity index is 2.00.